The Kier molecular flexibility index (Phi) is 6.35. The first-order valence-corrected chi connectivity index (χ1v) is 9.35. The number of aliphatic imine (C=N–C) groups is 1. The summed E-state index contributed by atoms with van der Waals surface area (Å²) in [5, 5.41) is 4.51. The quantitative estimate of drug-likeness (QED) is 0.590. The maximum Gasteiger partial charge on any atom is 0.573 e. The van der Waals surface area contributed by atoms with E-state index in [0.29, 0.717) is 33.3 Å². The Morgan fingerprint density at radius 3 is 2.42 bits per heavy atom. The molecule has 1 aliphatic rings. The van der Waals surface area contributed by atoms with Crippen molar-refractivity contribution in [2.75, 3.05) is 0 Å². The summed E-state index contributed by atoms with van der Waals surface area (Å²) in [5.74, 6) is -0.0947. The van der Waals surface area contributed by atoms with Gasteiger partial charge in [-0.25, -0.2) is 0 Å². The average molecular weight is 452 g/mol. The molecule has 0 fully saturated rings. The number of aromatic nitrogens is 1. The van der Waals surface area contributed by atoms with Crippen LogP contribution in [0, 0.1) is 6.92 Å². The fraction of sp³-hybridized carbons (Fsp3) is 0.190. The molecule has 0 saturated heterocycles. The first-order valence-electron chi connectivity index (χ1n) is 8.97. The van der Waals surface area contributed by atoms with Crippen molar-refractivity contribution in [3.63, 3.8) is 0 Å². The van der Waals surface area contributed by atoms with Gasteiger partial charge >= 0.3 is 6.36 Å². The van der Waals surface area contributed by atoms with Gasteiger partial charge in [-0.05, 0) is 42.8 Å². The number of carbonyl (C=O) groups is 1. The summed E-state index contributed by atoms with van der Waals surface area (Å²) in [5.41, 5.74) is 8.29. The number of benzene rings is 2. The van der Waals surface area contributed by atoms with E-state index in [1.807, 2.05) is 0 Å². The van der Waals surface area contributed by atoms with Crippen molar-refractivity contribution in [1.29, 1.82) is 0 Å². The molecule has 0 bridgehead atoms. The summed E-state index contributed by atoms with van der Waals surface area (Å²) >= 11 is 5.95. The first-order chi connectivity index (χ1) is 14.5. The maximum atomic E-state index is 12.7. The van der Waals surface area contributed by atoms with Gasteiger partial charge < -0.3 is 15.0 Å². The minimum absolute atomic E-state index is 0.221. The molecule has 0 saturated carbocycles. The number of amides is 1. The van der Waals surface area contributed by atoms with Crippen LogP contribution in [0.15, 0.2) is 52.0 Å². The lowest BCUT2D eigenvalue weighted by Gasteiger charge is -2.14. The molecule has 2 aromatic carbocycles. The van der Waals surface area contributed by atoms with Crippen molar-refractivity contribution in [2.24, 2.45) is 10.7 Å². The maximum absolute atomic E-state index is 12.7. The Labute approximate surface area is 180 Å². The molecule has 2 N–H and O–H groups in total. The van der Waals surface area contributed by atoms with E-state index in [1.165, 1.54) is 19.1 Å². The second-order valence-corrected chi connectivity index (χ2v) is 7.04. The molecule has 0 spiro atoms. The monoisotopic (exact) mass is 451 g/mol. The van der Waals surface area contributed by atoms with Gasteiger partial charge in [-0.1, -0.05) is 28.9 Å². The lowest BCUT2D eigenvalue weighted by molar-refractivity contribution is -0.274. The zero-order chi connectivity index (χ0) is 22.8. The Hall–Kier alpha value is -3.33. The number of primary amides is 1. The standard InChI is InChI=1S/C19H12ClF3N2O2.C2H5NO/c1-10-17-14-7-6-13(26-19(21,22)23)8-15(14)18(24-9-16(17)27-25-10)11-2-4-12(20)5-3-11;1-2(3)4/h2-8H,9H2,1H3;1H3,(H2,3,4). The number of nitrogens with two attached hydrogens (primary N) is 1. The molecule has 10 heteroatoms. The summed E-state index contributed by atoms with van der Waals surface area (Å²) in [6.45, 7) is 3.30. The molecule has 1 aliphatic heterocycles. The third-order valence-electron chi connectivity index (χ3n) is 4.18. The van der Waals surface area contributed by atoms with E-state index in [2.05, 4.69) is 20.6 Å². The number of rotatable bonds is 2. The van der Waals surface area contributed by atoms with Crippen molar-refractivity contribution in [3.8, 4) is 16.9 Å². The van der Waals surface area contributed by atoms with E-state index in [1.54, 1.807) is 37.3 Å². The van der Waals surface area contributed by atoms with Crippen LogP contribution < -0.4 is 10.5 Å². The first kappa shape index (κ1) is 22.4. The van der Waals surface area contributed by atoms with Crippen molar-refractivity contribution < 1.29 is 27.2 Å². The van der Waals surface area contributed by atoms with Crippen LogP contribution in [0.1, 0.15) is 29.5 Å². The SMILES string of the molecule is CC(N)=O.Cc1noc2c1-c1ccc(OC(F)(F)F)cc1C(c1ccc(Cl)cc1)=NC2. The van der Waals surface area contributed by atoms with E-state index in [0.717, 1.165) is 11.1 Å². The van der Waals surface area contributed by atoms with Gasteiger partial charge in [0.15, 0.2) is 5.76 Å². The van der Waals surface area contributed by atoms with Gasteiger partial charge in [-0.3, -0.25) is 9.79 Å². The number of nitrogens with zero attached hydrogens (tertiary/aromatic N) is 2. The predicted molar refractivity (Wildman–Crippen MR) is 109 cm³/mol. The Morgan fingerprint density at radius 2 is 1.81 bits per heavy atom. The lowest BCUT2D eigenvalue weighted by Crippen LogP contribution is -2.17. The summed E-state index contributed by atoms with van der Waals surface area (Å²) in [6, 6.07) is 11.1. The van der Waals surface area contributed by atoms with E-state index >= 15 is 0 Å². The molecular formula is C21H17ClF3N3O3. The fourth-order valence-corrected chi connectivity index (χ4v) is 3.22. The van der Waals surface area contributed by atoms with E-state index in [9.17, 15) is 18.0 Å². The van der Waals surface area contributed by atoms with Crippen molar-refractivity contribution in [2.45, 2.75) is 26.8 Å². The molecule has 0 aliphatic carbocycles. The molecule has 0 unspecified atom stereocenters. The van der Waals surface area contributed by atoms with Crippen molar-refractivity contribution in [1.82, 2.24) is 5.16 Å². The Morgan fingerprint density at radius 1 is 1.16 bits per heavy atom. The average Bonchev–Trinajstić information content (AvgIpc) is 2.94. The van der Waals surface area contributed by atoms with Crippen molar-refractivity contribution in [3.05, 3.63) is 70.1 Å². The fourth-order valence-electron chi connectivity index (χ4n) is 3.09. The minimum Gasteiger partial charge on any atom is -0.406 e. The zero-order valence-corrected chi connectivity index (χ0v) is 17.2. The molecular weight excluding hydrogens is 435 g/mol. The summed E-state index contributed by atoms with van der Waals surface area (Å²) < 4.78 is 47.5. The van der Waals surface area contributed by atoms with E-state index < -0.39 is 6.36 Å². The third kappa shape index (κ3) is 5.43. The van der Waals surface area contributed by atoms with Gasteiger partial charge in [0.05, 0.1) is 17.0 Å². The largest absolute Gasteiger partial charge is 0.573 e. The van der Waals surface area contributed by atoms with Gasteiger partial charge in [-0.2, -0.15) is 0 Å². The highest BCUT2D eigenvalue weighted by Crippen LogP contribution is 2.37. The highest BCUT2D eigenvalue weighted by Gasteiger charge is 2.32. The van der Waals surface area contributed by atoms with E-state index in [4.69, 9.17) is 16.1 Å². The minimum atomic E-state index is -4.78. The number of hydrogen-bond acceptors (Lipinski definition) is 5. The van der Waals surface area contributed by atoms with Crippen molar-refractivity contribution >= 4 is 23.2 Å². The number of hydrogen-bond donors (Lipinski definition) is 1. The van der Waals surface area contributed by atoms with Crippen LogP contribution in [0.5, 0.6) is 5.75 Å². The van der Waals surface area contributed by atoms with Gasteiger partial charge in [0.2, 0.25) is 5.91 Å². The lowest BCUT2D eigenvalue weighted by atomic mass is 9.93. The van der Waals surface area contributed by atoms with Gasteiger partial charge in [0, 0.05) is 23.1 Å². The van der Waals surface area contributed by atoms with Crippen LogP contribution in [-0.4, -0.2) is 23.1 Å². The zero-order valence-electron chi connectivity index (χ0n) is 16.5. The highest BCUT2D eigenvalue weighted by atomic mass is 35.5. The number of alkyl halides is 3. The molecule has 1 amide bonds. The third-order valence-corrected chi connectivity index (χ3v) is 4.43. The Balaban J connectivity index is 0.000000628. The molecule has 31 heavy (non-hydrogen) atoms. The predicted octanol–water partition coefficient (Wildman–Crippen LogP) is 5.04. The molecule has 162 valence electrons. The van der Waals surface area contributed by atoms with E-state index in [-0.39, 0.29) is 18.2 Å². The highest BCUT2D eigenvalue weighted by molar-refractivity contribution is 6.30. The molecule has 2 heterocycles. The molecule has 0 atom stereocenters. The second-order valence-electron chi connectivity index (χ2n) is 6.60. The van der Waals surface area contributed by atoms with Gasteiger partial charge in [0.25, 0.3) is 0 Å². The van der Waals surface area contributed by atoms with Crippen LogP contribution in [0.3, 0.4) is 0 Å². The topological polar surface area (TPSA) is 90.7 Å². The van der Waals surface area contributed by atoms with Crippen LogP contribution in [-0.2, 0) is 11.3 Å². The smallest absolute Gasteiger partial charge is 0.406 e. The second kappa shape index (κ2) is 8.81. The molecule has 4 rings (SSSR count). The summed E-state index contributed by atoms with van der Waals surface area (Å²) in [4.78, 5) is 13.8. The molecule has 6 nitrogen and oxygen atoms in total. The van der Waals surface area contributed by atoms with Gasteiger partial charge in [-0.15, -0.1) is 13.2 Å². The van der Waals surface area contributed by atoms with Crippen LogP contribution in [0.4, 0.5) is 13.2 Å². The van der Waals surface area contributed by atoms with Crippen LogP contribution in [0.2, 0.25) is 5.02 Å². The molecule has 0 radical (unpaired) electrons. The van der Waals surface area contributed by atoms with Crippen LogP contribution in [0.25, 0.3) is 11.1 Å². The number of fused-ring (bicyclic) bond motifs is 3. The normalized spacial score (nSPS) is 12.5. The van der Waals surface area contributed by atoms with Gasteiger partial charge in [0.1, 0.15) is 12.3 Å². The molecule has 1 aromatic heterocycles. The number of halogens is 4. The molecule has 3 aromatic rings. The summed E-state index contributed by atoms with van der Waals surface area (Å²) in [6.07, 6.45) is -4.78. The number of ether oxygens (including phenoxy) is 1. The Bertz CT molecular complexity index is 1140. The number of carbonyl (C=O) groups excluding carboxylic acids is 1. The number of aryl methyl sites for hydroxylation is 1. The van der Waals surface area contributed by atoms with Crippen LogP contribution >= 0.6 is 11.6 Å². The summed E-state index contributed by atoms with van der Waals surface area (Å²) in [7, 11) is 0.